The van der Waals surface area contributed by atoms with Crippen LogP contribution in [0.5, 0.6) is 0 Å². The summed E-state index contributed by atoms with van der Waals surface area (Å²) in [5.74, 6) is -0.647. The van der Waals surface area contributed by atoms with Gasteiger partial charge in [0.2, 0.25) is 5.78 Å². The van der Waals surface area contributed by atoms with Crippen LogP contribution in [0.2, 0.25) is 0 Å². The molecule has 0 aliphatic rings. The first-order valence-corrected chi connectivity index (χ1v) is 20.4. The Balaban J connectivity index is 1.77. The van der Waals surface area contributed by atoms with E-state index < -0.39 is 40.6 Å². The summed E-state index contributed by atoms with van der Waals surface area (Å²) < 4.78 is 5.74. The van der Waals surface area contributed by atoms with Crippen LogP contribution in [-0.4, -0.2) is 45.4 Å². The Labute approximate surface area is 330 Å². The van der Waals surface area contributed by atoms with E-state index in [0.717, 1.165) is 36.0 Å². The molecule has 3 atom stereocenters. The second-order valence-electron chi connectivity index (χ2n) is 15.7. The number of allylic oxidation sites excluding steroid dienone is 1. The van der Waals surface area contributed by atoms with Crippen LogP contribution >= 0.6 is 0 Å². The van der Waals surface area contributed by atoms with Crippen LogP contribution in [0.4, 0.5) is 4.79 Å². The van der Waals surface area contributed by atoms with E-state index in [4.69, 9.17) is 4.74 Å². The van der Waals surface area contributed by atoms with E-state index in [1.165, 1.54) is 57.4 Å². The first-order chi connectivity index (χ1) is 26.5. The maximum absolute atomic E-state index is 14.8. The van der Waals surface area contributed by atoms with Crippen LogP contribution in [-0.2, 0) is 10.2 Å². The standard InChI is InChI=1S/C49H63NO5/c1-5-6-7-8-9-10-11-12-13-14-15-16-29-38-48(54,44(51)39-30-21-17-22-31-39)43(50-46(53)55-47(2,3)4)45(52)49(40-32-23-18-24-33-40,41-34-25-19-26-35-41)42-36-27-20-28-37-42/h17-38,43,45,52,54H,5-16H2,1-4H3,(H,50,53)/t43?,45?,48-/m1/s1. The van der Waals surface area contributed by atoms with E-state index in [-0.39, 0.29) is 5.56 Å². The van der Waals surface area contributed by atoms with E-state index in [9.17, 15) is 19.8 Å². The van der Waals surface area contributed by atoms with E-state index in [0.29, 0.717) is 6.42 Å². The molecule has 3 N–H and O–H groups in total. The van der Waals surface area contributed by atoms with Gasteiger partial charge in [-0.2, -0.15) is 0 Å². The number of carbonyl (C=O) groups is 2. The second-order valence-corrected chi connectivity index (χ2v) is 15.7. The molecule has 6 heteroatoms. The largest absolute Gasteiger partial charge is 0.444 e. The quantitative estimate of drug-likeness (QED) is 0.0322. The van der Waals surface area contributed by atoms with Gasteiger partial charge in [-0.15, -0.1) is 0 Å². The number of ether oxygens (including phenoxy) is 1. The molecule has 0 aromatic heterocycles. The van der Waals surface area contributed by atoms with Gasteiger partial charge in [0.15, 0.2) is 5.60 Å². The third-order valence-corrected chi connectivity index (χ3v) is 10.3. The lowest BCUT2D eigenvalue weighted by atomic mass is 9.61. The number of nitrogens with one attached hydrogen (secondary N) is 1. The minimum absolute atomic E-state index is 0.247. The maximum Gasteiger partial charge on any atom is 0.408 e. The molecule has 0 fully saturated rings. The third kappa shape index (κ3) is 12.0. The number of unbranched alkanes of at least 4 members (excludes halogenated alkanes) is 11. The Morgan fingerprint density at radius 2 is 1.04 bits per heavy atom. The van der Waals surface area contributed by atoms with Gasteiger partial charge in [-0.3, -0.25) is 4.79 Å². The number of alkyl carbamates (subject to hydrolysis) is 1. The van der Waals surface area contributed by atoms with E-state index in [1.807, 2.05) is 97.1 Å². The molecule has 0 saturated carbocycles. The summed E-state index contributed by atoms with van der Waals surface area (Å²) >= 11 is 0. The van der Waals surface area contributed by atoms with Crippen molar-refractivity contribution in [3.63, 3.8) is 0 Å². The molecule has 4 aromatic carbocycles. The monoisotopic (exact) mass is 745 g/mol. The molecule has 1 amide bonds. The predicted octanol–water partition coefficient (Wildman–Crippen LogP) is 11.1. The summed E-state index contributed by atoms with van der Waals surface area (Å²) in [7, 11) is 0. The molecule has 4 rings (SSSR count). The molecule has 2 unspecified atom stereocenters. The summed E-state index contributed by atoms with van der Waals surface area (Å²) in [5.41, 5.74) is -2.24. The first-order valence-electron chi connectivity index (χ1n) is 20.4. The van der Waals surface area contributed by atoms with Crippen LogP contribution in [0.3, 0.4) is 0 Å². The Morgan fingerprint density at radius 1 is 0.636 bits per heavy atom. The molecule has 0 heterocycles. The van der Waals surface area contributed by atoms with E-state index in [2.05, 4.69) is 12.2 Å². The molecule has 294 valence electrons. The molecular weight excluding hydrogens is 683 g/mol. The number of aliphatic hydroxyl groups excluding tert-OH is 1. The highest BCUT2D eigenvalue weighted by molar-refractivity contribution is 6.04. The number of ketones is 1. The first kappa shape index (κ1) is 43.2. The van der Waals surface area contributed by atoms with Crippen molar-refractivity contribution in [2.75, 3.05) is 0 Å². The topological polar surface area (TPSA) is 95.9 Å². The lowest BCUT2D eigenvalue weighted by molar-refractivity contribution is -0.0241. The van der Waals surface area contributed by atoms with Crippen molar-refractivity contribution in [1.29, 1.82) is 0 Å². The lowest BCUT2D eigenvalue weighted by Gasteiger charge is -2.47. The summed E-state index contributed by atoms with van der Waals surface area (Å²) in [6.45, 7) is 7.48. The smallest absolute Gasteiger partial charge is 0.408 e. The number of rotatable bonds is 22. The van der Waals surface area contributed by atoms with Crippen molar-refractivity contribution in [1.82, 2.24) is 5.32 Å². The molecular formula is C49H63NO5. The number of hydrogen-bond donors (Lipinski definition) is 3. The molecule has 0 saturated heterocycles. The van der Waals surface area contributed by atoms with Crippen molar-refractivity contribution in [2.24, 2.45) is 0 Å². The van der Waals surface area contributed by atoms with Crippen molar-refractivity contribution < 1.29 is 24.5 Å². The highest BCUT2D eigenvalue weighted by atomic mass is 16.6. The zero-order valence-electron chi connectivity index (χ0n) is 33.5. The maximum atomic E-state index is 14.8. The fourth-order valence-corrected chi connectivity index (χ4v) is 7.56. The van der Waals surface area contributed by atoms with Crippen LogP contribution in [0, 0.1) is 0 Å². The van der Waals surface area contributed by atoms with Gasteiger partial charge < -0.3 is 20.3 Å². The Kier molecular flexibility index (Phi) is 16.9. The number of benzene rings is 4. The van der Waals surface area contributed by atoms with Gasteiger partial charge in [-0.1, -0.05) is 199 Å². The number of aliphatic hydroxyl groups is 2. The zero-order chi connectivity index (χ0) is 39.6. The molecule has 0 aliphatic carbocycles. The zero-order valence-corrected chi connectivity index (χ0v) is 33.5. The van der Waals surface area contributed by atoms with Gasteiger partial charge >= 0.3 is 6.09 Å². The summed E-state index contributed by atoms with van der Waals surface area (Å²) in [4.78, 5) is 28.6. The van der Waals surface area contributed by atoms with Crippen LogP contribution < -0.4 is 5.32 Å². The van der Waals surface area contributed by atoms with Gasteiger partial charge in [0.05, 0.1) is 17.6 Å². The van der Waals surface area contributed by atoms with Crippen LogP contribution in [0.25, 0.3) is 0 Å². The molecule has 0 radical (unpaired) electrons. The average molecular weight is 746 g/mol. The SMILES string of the molecule is CCCCCCCCCCCCCC=C[C@](O)(C(=O)c1ccccc1)C(NC(=O)OC(C)(C)C)C(O)C(c1ccccc1)(c1ccccc1)c1ccccc1. The molecule has 55 heavy (non-hydrogen) atoms. The summed E-state index contributed by atoms with van der Waals surface area (Å²) in [5, 5.41) is 29.1. The summed E-state index contributed by atoms with van der Waals surface area (Å²) in [6.07, 6.45) is 14.8. The number of amides is 1. The Bertz CT molecular complexity index is 1620. The normalized spacial score (nSPS) is 14.2. The van der Waals surface area contributed by atoms with Crippen molar-refractivity contribution in [3.05, 3.63) is 156 Å². The average Bonchev–Trinajstić information content (AvgIpc) is 3.19. The van der Waals surface area contributed by atoms with Crippen LogP contribution in [0.15, 0.2) is 133 Å². The van der Waals surface area contributed by atoms with Gasteiger partial charge in [0.25, 0.3) is 0 Å². The minimum Gasteiger partial charge on any atom is -0.444 e. The van der Waals surface area contributed by atoms with Gasteiger partial charge in [-0.25, -0.2) is 4.79 Å². The predicted molar refractivity (Wildman–Crippen MR) is 224 cm³/mol. The highest BCUT2D eigenvalue weighted by Crippen LogP contribution is 2.45. The van der Waals surface area contributed by atoms with E-state index in [1.54, 1.807) is 51.1 Å². The fraction of sp³-hybridized carbons (Fsp3) is 0.429. The number of hydrogen-bond acceptors (Lipinski definition) is 5. The van der Waals surface area contributed by atoms with Crippen LogP contribution in [0.1, 0.15) is 132 Å². The number of Topliss-reactive ketones (excluding diaryl/α,β-unsaturated/α-hetero) is 1. The highest BCUT2D eigenvalue weighted by Gasteiger charge is 2.55. The molecule has 0 bridgehead atoms. The fourth-order valence-electron chi connectivity index (χ4n) is 7.56. The van der Waals surface area contributed by atoms with Crippen molar-refractivity contribution in [3.8, 4) is 0 Å². The Hall–Kier alpha value is -4.52. The van der Waals surface area contributed by atoms with Gasteiger partial charge in [0, 0.05) is 5.56 Å². The van der Waals surface area contributed by atoms with Gasteiger partial charge in [0.1, 0.15) is 5.60 Å². The van der Waals surface area contributed by atoms with Gasteiger partial charge in [-0.05, 0) is 56.4 Å². The van der Waals surface area contributed by atoms with Crippen molar-refractivity contribution >= 4 is 11.9 Å². The number of carbonyl (C=O) groups excluding carboxylic acids is 2. The molecule has 6 nitrogen and oxygen atoms in total. The molecule has 4 aromatic rings. The third-order valence-electron chi connectivity index (χ3n) is 10.3. The second kappa shape index (κ2) is 21.5. The minimum atomic E-state index is -2.39. The summed E-state index contributed by atoms with van der Waals surface area (Å²) in [6, 6.07) is 35.6. The Morgan fingerprint density at radius 3 is 1.45 bits per heavy atom. The lowest BCUT2D eigenvalue weighted by Crippen LogP contribution is -2.66. The van der Waals surface area contributed by atoms with Crippen molar-refractivity contribution in [2.45, 2.75) is 134 Å². The van der Waals surface area contributed by atoms with E-state index >= 15 is 0 Å². The molecule has 0 spiro atoms. The molecule has 0 aliphatic heterocycles.